The van der Waals surface area contributed by atoms with Crippen LogP contribution in [0, 0.1) is 0 Å². The van der Waals surface area contributed by atoms with Crippen LogP contribution in [-0.4, -0.2) is 23.4 Å². The Morgan fingerprint density at radius 1 is 1.38 bits per heavy atom. The smallest absolute Gasteiger partial charge is 0.239 e. The molecular formula is C11H12N2O2S. The fraction of sp³-hybridized carbons (Fsp3) is 0.273. The van der Waals surface area contributed by atoms with Gasteiger partial charge in [0, 0.05) is 0 Å². The molecule has 0 aromatic heterocycles. The van der Waals surface area contributed by atoms with Crippen molar-refractivity contribution < 1.29 is 9.53 Å². The number of aliphatic imine (C=N–C) groups is 1. The Hall–Kier alpha value is -1.49. The lowest BCUT2D eigenvalue weighted by atomic mass is 10.3. The van der Waals surface area contributed by atoms with Gasteiger partial charge < -0.3 is 10.1 Å². The largest absolute Gasteiger partial charge is 0.497 e. The van der Waals surface area contributed by atoms with E-state index in [9.17, 15) is 4.79 Å². The van der Waals surface area contributed by atoms with Crippen molar-refractivity contribution in [1.29, 1.82) is 0 Å². The van der Waals surface area contributed by atoms with Crippen LogP contribution in [-0.2, 0) is 4.79 Å². The summed E-state index contributed by atoms with van der Waals surface area (Å²) in [6, 6.07) is 7.37. The topological polar surface area (TPSA) is 50.7 Å². The second-order valence-electron chi connectivity index (χ2n) is 3.36. The quantitative estimate of drug-likeness (QED) is 0.853. The number of hydrogen-bond donors (Lipinski definition) is 1. The van der Waals surface area contributed by atoms with Gasteiger partial charge in [-0.3, -0.25) is 4.79 Å². The Bertz CT molecular complexity index is 428. The fourth-order valence-electron chi connectivity index (χ4n) is 1.29. The minimum atomic E-state index is -0.0583. The Morgan fingerprint density at radius 3 is 2.56 bits per heavy atom. The third kappa shape index (κ3) is 2.36. The molecule has 0 bridgehead atoms. The van der Waals surface area contributed by atoms with Gasteiger partial charge >= 0.3 is 0 Å². The molecule has 84 valence electrons. The molecule has 1 aromatic carbocycles. The van der Waals surface area contributed by atoms with Gasteiger partial charge in [0.05, 0.1) is 18.0 Å². The van der Waals surface area contributed by atoms with Crippen molar-refractivity contribution >= 4 is 28.5 Å². The summed E-state index contributed by atoms with van der Waals surface area (Å²) in [7, 11) is 1.62. The Balaban J connectivity index is 2.14. The lowest BCUT2D eigenvalue weighted by Crippen LogP contribution is -2.23. The average Bonchev–Trinajstić information content (AvgIpc) is 2.59. The maximum absolute atomic E-state index is 11.2. The van der Waals surface area contributed by atoms with Crippen molar-refractivity contribution in [1.82, 2.24) is 5.32 Å². The van der Waals surface area contributed by atoms with Crippen molar-refractivity contribution in [2.45, 2.75) is 12.2 Å². The predicted octanol–water partition coefficient (Wildman–Crippen LogP) is 1.93. The predicted molar refractivity (Wildman–Crippen MR) is 65.3 cm³/mol. The number of hydrogen-bond acceptors (Lipinski definition) is 4. The third-order valence-corrected chi connectivity index (χ3v) is 3.18. The normalized spacial score (nSPS) is 22.2. The van der Waals surface area contributed by atoms with E-state index in [2.05, 4.69) is 10.3 Å². The lowest BCUT2D eigenvalue weighted by molar-refractivity contribution is -0.118. The molecule has 0 radical (unpaired) electrons. The zero-order valence-corrected chi connectivity index (χ0v) is 9.88. The van der Waals surface area contributed by atoms with Gasteiger partial charge in [-0.05, 0) is 31.2 Å². The summed E-state index contributed by atoms with van der Waals surface area (Å²) in [4.78, 5) is 15.6. The maximum Gasteiger partial charge on any atom is 0.239 e. The monoisotopic (exact) mass is 236 g/mol. The minimum Gasteiger partial charge on any atom is -0.497 e. The van der Waals surface area contributed by atoms with Crippen molar-refractivity contribution in [3.8, 4) is 5.75 Å². The van der Waals surface area contributed by atoms with Crippen molar-refractivity contribution in [3.05, 3.63) is 24.3 Å². The number of thioether (sulfide) groups is 1. The van der Waals surface area contributed by atoms with Crippen LogP contribution in [0.5, 0.6) is 5.75 Å². The highest BCUT2D eigenvalue weighted by molar-refractivity contribution is 8.15. The summed E-state index contributed by atoms with van der Waals surface area (Å²) >= 11 is 1.44. The first-order valence-electron chi connectivity index (χ1n) is 4.89. The van der Waals surface area contributed by atoms with E-state index >= 15 is 0 Å². The molecule has 1 atom stereocenters. The number of carbonyl (C=O) groups excluding carboxylic acids is 1. The summed E-state index contributed by atoms with van der Waals surface area (Å²) in [5, 5.41) is 3.32. The van der Waals surface area contributed by atoms with Gasteiger partial charge in [-0.1, -0.05) is 11.8 Å². The summed E-state index contributed by atoms with van der Waals surface area (Å²) in [6.45, 7) is 1.86. The van der Waals surface area contributed by atoms with Crippen LogP contribution in [0.1, 0.15) is 6.92 Å². The van der Waals surface area contributed by atoms with Crippen LogP contribution < -0.4 is 10.1 Å². The highest BCUT2D eigenvalue weighted by atomic mass is 32.2. The van der Waals surface area contributed by atoms with Crippen molar-refractivity contribution in [2.24, 2.45) is 4.99 Å². The fourth-order valence-corrected chi connectivity index (χ4v) is 2.10. The summed E-state index contributed by atoms with van der Waals surface area (Å²) in [6.07, 6.45) is 0. The van der Waals surface area contributed by atoms with Crippen LogP contribution in [0.4, 0.5) is 5.69 Å². The molecule has 16 heavy (non-hydrogen) atoms. The zero-order valence-electron chi connectivity index (χ0n) is 9.06. The molecule has 0 saturated carbocycles. The number of amidine groups is 1. The molecule has 1 aromatic rings. The maximum atomic E-state index is 11.2. The molecule has 1 saturated heterocycles. The molecule has 1 unspecified atom stereocenters. The highest BCUT2D eigenvalue weighted by Crippen LogP contribution is 2.23. The van der Waals surface area contributed by atoms with E-state index in [1.165, 1.54) is 11.8 Å². The van der Waals surface area contributed by atoms with Crippen LogP contribution in [0.15, 0.2) is 29.3 Å². The zero-order chi connectivity index (χ0) is 11.5. The molecule has 1 fully saturated rings. The van der Waals surface area contributed by atoms with Crippen LogP contribution in [0.2, 0.25) is 0 Å². The van der Waals surface area contributed by atoms with Gasteiger partial charge in [0.1, 0.15) is 5.75 Å². The first kappa shape index (κ1) is 11.0. The van der Waals surface area contributed by atoms with Crippen molar-refractivity contribution in [3.63, 3.8) is 0 Å². The van der Waals surface area contributed by atoms with E-state index in [-0.39, 0.29) is 11.2 Å². The van der Waals surface area contributed by atoms with Gasteiger partial charge in [0.25, 0.3) is 0 Å². The molecule has 1 aliphatic rings. The summed E-state index contributed by atoms with van der Waals surface area (Å²) in [5.41, 5.74) is 0.803. The Labute approximate surface area is 98.1 Å². The molecule has 4 nitrogen and oxygen atoms in total. The van der Waals surface area contributed by atoms with Crippen LogP contribution in [0.25, 0.3) is 0 Å². The van der Waals surface area contributed by atoms with E-state index in [0.29, 0.717) is 5.17 Å². The number of carbonyl (C=O) groups is 1. The van der Waals surface area contributed by atoms with Gasteiger partial charge in [0.15, 0.2) is 5.17 Å². The van der Waals surface area contributed by atoms with Gasteiger partial charge in [-0.2, -0.15) is 0 Å². The Kier molecular flexibility index (Phi) is 3.14. The lowest BCUT2D eigenvalue weighted by Gasteiger charge is -2.00. The molecule has 1 aliphatic heterocycles. The number of nitrogens with one attached hydrogen (secondary N) is 1. The highest BCUT2D eigenvalue weighted by Gasteiger charge is 2.25. The minimum absolute atomic E-state index is 0.0114. The number of ether oxygens (including phenoxy) is 1. The molecule has 1 N–H and O–H groups in total. The molecule has 1 heterocycles. The van der Waals surface area contributed by atoms with E-state index in [0.717, 1.165) is 11.4 Å². The molecule has 5 heteroatoms. The SMILES string of the molecule is COc1ccc(N=C2NC(=O)C(C)S2)cc1. The number of benzene rings is 1. The van der Waals surface area contributed by atoms with Gasteiger partial charge in [-0.15, -0.1) is 0 Å². The standard InChI is InChI=1S/C11H12N2O2S/c1-7-10(14)13-11(16-7)12-8-3-5-9(15-2)6-4-8/h3-7H,1-2H3,(H,12,13,14). The first-order chi connectivity index (χ1) is 7.69. The molecule has 0 aliphatic carbocycles. The summed E-state index contributed by atoms with van der Waals surface area (Å²) in [5.74, 6) is 0.803. The number of methoxy groups -OCH3 is 1. The third-order valence-electron chi connectivity index (χ3n) is 2.19. The van der Waals surface area contributed by atoms with Crippen molar-refractivity contribution in [2.75, 3.05) is 7.11 Å². The van der Waals surface area contributed by atoms with E-state index in [1.807, 2.05) is 31.2 Å². The van der Waals surface area contributed by atoms with E-state index in [1.54, 1.807) is 7.11 Å². The number of rotatable bonds is 2. The van der Waals surface area contributed by atoms with Crippen LogP contribution in [0.3, 0.4) is 0 Å². The van der Waals surface area contributed by atoms with Gasteiger partial charge in [0.2, 0.25) is 5.91 Å². The number of nitrogens with zero attached hydrogens (tertiary/aromatic N) is 1. The average molecular weight is 236 g/mol. The molecule has 2 rings (SSSR count). The molecule has 0 spiro atoms. The van der Waals surface area contributed by atoms with E-state index < -0.39 is 0 Å². The first-order valence-corrected chi connectivity index (χ1v) is 5.77. The van der Waals surface area contributed by atoms with Gasteiger partial charge in [-0.25, -0.2) is 4.99 Å². The molecule has 1 amide bonds. The number of amides is 1. The summed E-state index contributed by atoms with van der Waals surface area (Å²) < 4.78 is 5.05. The second kappa shape index (κ2) is 4.57. The Morgan fingerprint density at radius 2 is 2.06 bits per heavy atom. The second-order valence-corrected chi connectivity index (χ2v) is 4.69. The van der Waals surface area contributed by atoms with Crippen LogP contribution >= 0.6 is 11.8 Å². The molecular weight excluding hydrogens is 224 g/mol. The van der Waals surface area contributed by atoms with E-state index in [4.69, 9.17) is 4.74 Å².